The first kappa shape index (κ1) is 24.1. The number of carbonyl (C=O) groups is 2. The number of nitrogens with two attached hydrogens (primary N) is 1. The number of amides is 3. The Kier molecular flexibility index (Phi) is 6.70. The highest BCUT2D eigenvalue weighted by Gasteiger charge is 2.52. The molecule has 1 aliphatic heterocycles. The van der Waals surface area contributed by atoms with E-state index >= 15 is 8.78 Å². The molecule has 3 amide bonds. The number of halogens is 2. The number of hydrogen-bond donors (Lipinski definition) is 1. The molecule has 1 spiro atoms. The van der Waals surface area contributed by atoms with E-state index in [4.69, 9.17) is 5.73 Å². The topological polar surface area (TPSA) is 79.0 Å². The Morgan fingerprint density at radius 2 is 1.77 bits per heavy atom. The van der Waals surface area contributed by atoms with Gasteiger partial charge in [-0.1, -0.05) is 30.0 Å². The lowest BCUT2D eigenvalue weighted by Gasteiger charge is -2.50. The second kappa shape index (κ2) is 9.71. The van der Waals surface area contributed by atoms with Crippen LogP contribution >= 0.6 is 0 Å². The molecule has 1 aliphatic carbocycles. The molecule has 1 heterocycles. The van der Waals surface area contributed by atoms with E-state index in [-0.39, 0.29) is 12.0 Å². The number of urea groups is 1. The summed E-state index contributed by atoms with van der Waals surface area (Å²) >= 11 is 0. The first-order valence-corrected chi connectivity index (χ1v) is 11.4. The Bertz CT molecular complexity index is 1270. The van der Waals surface area contributed by atoms with Gasteiger partial charge in [0, 0.05) is 42.2 Å². The first-order chi connectivity index (χ1) is 16.8. The lowest BCUT2D eigenvalue weighted by Crippen LogP contribution is -2.65. The Morgan fingerprint density at radius 3 is 2.43 bits per heavy atom. The van der Waals surface area contributed by atoms with Crippen molar-refractivity contribution in [2.75, 3.05) is 18.5 Å². The van der Waals surface area contributed by atoms with Crippen LogP contribution in [0, 0.1) is 23.5 Å². The van der Waals surface area contributed by atoms with Gasteiger partial charge in [-0.25, -0.2) is 18.5 Å². The minimum Gasteiger partial charge on any atom is -0.402 e. The van der Waals surface area contributed by atoms with Gasteiger partial charge in [0.15, 0.2) is 11.6 Å². The lowest BCUT2D eigenvalue weighted by molar-refractivity contribution is -0.121. The zero-order valence-corrected chi connectivity index (χ0v) is 19.6. The summed E-state index contributed by atoms with van der Waals surface area (Å²) in [7, 11) is 1.52. The number of benzene rings is 2. The van der Waals surface area contributed by atoms with Crippen molar-refractivity contribution < 1.29 is 18.4 Å². The fraction of sp³-hybridized carbons (Fsp3) is 0.296. The van der Waals surface area contributed by atoms with Crippen molar-refractivity contribution in [3.8, 4) is 11.8 Å². The normalized spacial score (nSPS) is 20.6. The van der Waals surface area contributed by atoms with Gasteiger partial charge in [0.2, 0.25) is 5.91 Å². The van der Waals surface area contributed by atoms with Gasteiger partial charge in [-0.05, 0) is 50.5 Å². The number of anilines is 1. The van der Waals surface area contributed by atoms with Crippen LogP contribution in [0.1, 0.15) is 43.7 Å². The molecule has 0 radical (unpaired) electrons. The molecule has 0 unspecified atom stereocenters. The van der Waals surface area contributed by atoms with E-state index < -0.39 is 34.8 Å². The predicted molar refractivity (Wildman–Crippen MR) is 131 cm³/mol. The number of aliphatic imine (C=N–C) groups is 1. The standard InChI is InChI=1S/C27H26F2N4O2/c1-3-31-17-20-23(30)10-7-13-27(20)16-24(34)33(26(35)32(27)2)25-21(28)14-19(15-22(25)29)12-11-18-8-5-4-6-9-18/h4-6,8-9,14-15,17H,3,7,10,13,16,30H2,1-2H3/t27-/m0/s1. The van der Waals surface area contributed by atoms with Gasteiger partial charge in [0.05, 0.1) is 12.0 Å². The Labute approximate surface area is 203 Å². The predicted octanol–water partition coefficient (Wildman–Crippen LogP) is 4.38. The molecule has 6 nitrogen and oxygen atoms in total. The summed E-state index contributed by atoms with van der Waals surface area (Å²) in [5.74, 6) is 2.77. The highest BCUT2D eigenvalue weighted by atomic mass is 19.1. The number of rotatable bonds is 3. The molecule has 2 aliphatic rings. The first-order valence-electron chi connectivity index (χ1n) is 11.4. The molecule has 180 valence electrons. The molecule has 1 atom stereocenters. The third-order valence-corrected chi connectivity index (χ3v) is 6.47. The Hall–Kier alpha value is -3.99. The molecular formula is C27H26F2N4O2. The van der Waals surface area contributed by atoms with Crippen molar-refractivity contribution >= 4 is 23.8 Å². The van der Waals surface area contributed by atoms with E-state index in [2.05, 4.69) is 16.8 Å². The van der Waals surface area contributed by atoms with E-state index in [9.17, 15) is 9.59 Å². The van der Waals surface area contributed by atoms with Crippen LogP contribution in [0.25, 0.3) is 0 Å². The maximum absolute atomic E-state index is 15.1. The number of likely N-dealkylation sites (N-methyl/N-ethyl adjacent to an activating group) is 1. The molecule has 0 bridgehead atoms. The molecule has 2 N–H and O–H groups in total. The molecular weight excluding hydrogens is 450 g/mol. The van der Waals surface area contributed by atoms with Crippen molar-refractivity contribution in [3.05, 3.63) is 76.5 Å². The maximum Gasteiger partial charge on any atom is 0.332 e. The molecule has 1 saturated heterocycles. The number of carbonyl (C=O) groups excluding carboxylic acids is 2. The summed E-state index contributed by atoms with van der Waals surface area (Å²) < 4.78 is 30.2. The summed E-state index contributed by atoms with van der Waals surface area (Å²) in [6, 6.07) is 10.2. The van der Waals surface area contributed by atoms with Crippen molar-refractivity contribution in [1.82, 2.24) is 4.90 Å². The summed E-state index contributed by atoms with van der Waals surface area (Å²) in [5.41, 5.74) is 6.50. The van der Waals surface area contributed by atoms with Gasteiger partial charge < -0.3 is 10.6 Å². The van der Waals surface area contributed by atoms with E-state index in [0.717, 1.165) is 12.1 Å². The van der Waals surface area contributed by atoms with E-state index in [0.29, 0.717) is 47.5 Å². The molecule has 2 aromatic carbocycles. The van der Waals surface area contributed by atoms with Crippen LogP contribution in [-0.2, 0) is 4.79 Å². The summed E-state index contributed by atoms with van der Waals surface area (Å²) in [5, 5.41) is 0. The number of allylic oxidation sites excluding steroid dienone is 1. The van der Waals surface area contributed by atoms with Crippen LogP contribution in [0.2, 0.25) is 0 Å². The van der Waals surface area contributed by atoms with Crippen LogP contribution in [0.15, 0.2) is 58.7 Å². The highest BCUT2D eigenvalue weighted by molar-refractivity contribution is 6.17. The summed E-state index contributed by atoms with van der Waals surface area (Å²) in [6.07, 6.45) is 3.26. The fourth-order valence-corrected chi connectivity index (χ4v) is 4.68. The third kappa shape index (κ3) is 4.42. The fourth-order valence-electron chi connectivity index (χ4n) is 4.68. The molecule has 0 aromatic heterocycles. The van der Waals surface area contributed by atoms with Crippen molar-refractivity contribution in [2.45, 2.75) is 38.1 Å². The largest absolute Gasteiger partial charge is 0.402 e. The van der Waals surface area contributed by atoms with Gasteiger partial charge >= 0.3 is 6.03 Å². The lowest BCUT2D eigenvalue weighted by atomic mass is 9.74. The van der Waals surface area contributed by atoms with Gasteiger partial charge in [-0.2, -0.15) is 0 Å². The molecule has 1 fully saturated rings. The SMILES string of the molecule is CCN=CC1=C(N)CCC[C@]12CC(=O)N(c1c(F)cc(C#Cc3ccccc3)cc1F)C(=O)N2C. The quantitative estimate of drug-likeness (QED) is 0.528. The van der Waals surface area contributed by atoms with Crippen molar-refractivity contribution in [1.29, 1.82) is 0 Å². The van der Waals surface area contributed by atoms with Gasteiger partial charge in [0.1, 0.15) is 5.69 Å². The smallest absolute Gasteiger partial charge is 0.332 e. The van der Waals surface area contributed by atoms with E-state index in [1.807, 2.05) is 13.0 Å². The van der Waals surface area contributed by atoms with Crippen LogP contribution in [0.3, 0.4) is 0 Å². The Morgan fingerprint density at radius 1 is 1.11 bits per heavy atom. The minimum atomic E-state index is -1.04. The third-order valence-electron chi connectivity index (χ3n) is 6.47. The average molecular weight is 477 g/mol. The molecule has 2 aromatic rings. The zero-order valence-electron chi connectivity index (χ0n) is 19.6. The Balaban J connectivity index is 1.69. The summed E-state index contributed by atoms with van der Waals surface area (Å²) in [6.45, 7) is 2.38. The van der Waals surface area contributed by atoms with Crippen molar-refractivity contribution in [2.24, 2.45) is 10.7 Å². The van der Waals surface area contributed by atoms with Gasteiger partial charge in [-0.3, -0.25) is 9.79 Å². The molecule has 0 saturated carbocycles. The molecule has 4 rings (SSSR count). The zero-order chi connectivity index (χ0) is 25.2. The number of imide groups is 1. The summed E-state index contributed by atoms with van der Waals surface area (Å²) in [4.78, 5) is 32.9. The van der Waals surface area contributed by atoms with Crippen LogP contribution in [0.4, 0.5) is 19.3 Å². The second-order valence-electron chi connectivity index (χ2n) is 8.60. The van der Waals surface area contributed by atoms with E-state index in [1.54, 1.807) is 30.5 Å². The minimum absolute atomic E-state index is 0.0930. The van der Waals surface area contributed by atoms with Crippen LogP contribution < -0.4 is 10.6 Å². The second-order valence-corrected chi connectivity index (χ2v) is 8.60. The number of hydrogen-bond acceptors (Lipinski definition) is 4. The monoisotopic (exact) mass is 476 g/mol. The molecule has 8 heteroatoms. The van der Waals surface area contributed by atoms with Crippen LogP contribution in [-0.4, -0.2) is 42.2 Å². The van der Waals surface area contributed by atoms with Gasteiger partial charge in [0.25, 0.3) is 0 Å². The average Bonchev–Trinajstić information content (AvgIpc) is 2.83. The van der Waals surface area contributed by atoms with Crippen LogP contribution in [0.5, 0.6) is 0 Å². The highest BCUT2D eigenvalue weighted by Crippen LogP contribution is 2.43. The number of nitrogens with zero attached hydrogens (tertiary/aromatic N) is 3. The molecule has 35 heavy (non-hydrogen) atoms. The van der Waals surface area contributed by atoms with E-state index in [1.165, 1.54) is 11.9 Å². The van der Waals surface area contributed by atoms with Crippen molar-refractivity contribution in [3.63, 3.8) is 0 Å². The van der Waals surface area contributed by atoms with Gasteiger partial charge in [-0.15, -0.1) is 0 Å². The maximum atomic E-state index is 15.1.